The van der Waals surface area contributed by atoms with Crippen LogP contribution in [0.1, 0.15) is 0 Å². The summed E-state index contributed by atoms with van der Waals surface area (Å²) in [5, 5.41) is 12.8. The molecule has 0 unspecified atom stereocenters. The molecule has 0 radical (unpaired) electrons. The summed E-state index contributed by atoms with van der Waals surface area (Å²) >= 11 is 7.50. The molecule has 0 aliphatic rings. The number of hydrogen-bond acceptors (Lipinski definition) is 8. The van der Waals surface area contributed by atoms with Crippen molar-refractivity contribution in [1.82, 2.24) is 0 Å². The number of para-hydroxylation sites is 4. The fourth-order valence-electron chi connectivity index (χ4n) is 16.6. The third kappa shape index (κ3) is 12.5. The standard InChI is InChI=1S/C54H36N2S2.C52H34N2S2/c1-4-14-37(15-5-1)38-26-30-43(31-27-38)56(50-24-13-23-47-46-20-10-11-25-51(46)58-54(47)50)44-34-35-52-49(36-44)48-22-12-21-45(53(48)57-52)39-28-32-42(33-29-39)55(40-16-6-2-7-17-40)41-18-8-3-9-19-41;1-4-15-35(16-5-1)36-27-29-40(30-28-36)53(38-18-6-2-7-19-38)46-25-14-24-43-45-34-41(31-32-49(45)55-51(43)46)54(39-20-8-3-9-21-39)47-33-37-17-10-11-22-42(37)52-50(47)44-23-12-13-26-48(44)56-52/h1-36H;1-34H. The van der Waals surface area contributed by atoms with Crippen molar-refractivity contribution in [3.05, 3.63) is 425 Å². The molecule has 0 aliphatic carbocycles. The SMILES string of the molecule is c1ccc(-c2ccc(N(c3ccc4sc5c(-c6ccc(N(c7ccccc7)c7ccccc7)cc6)cccc5c4c3)c3cccc4c3sc3ccccc34)cc2)cc1.c1ccc(-c2ccc(N(c3ccccc3)c3cccc4c3sc3ccc(N(c5ccccc5)c5cc6ccccc6c6sc7ccccc7c56)cc34)cc2)cc1. The minimum absolute atomic E-state index is 1.12. The van der Waals surface area contributed by atoms with Crippen LogP contribution < -0.4 is 19.6 Å². The van der Waals surface area contributed by atoms with E-state index in [4.69, 9.17) is 0 Å². The third-order valence-electron chi connectivity index (χ3n) is 21.9. The average molecular weight is 1530 g/mol. The van der Waals surface area contributed by atoms with E-state index in [2.05, 4.69) is 444 Å². The molecule has 0 amide bonds. The summed E-state index contributed by atoms with van der Waals surface area (Å²) in [6.45, 7) is 0. The number of benzene rings is 18. The van der Waals surface area contributed by atoms with Gasteiger partial charge in [0.05, 0.1) is 26.5 Å². The summed E-state index contributed by atoms with van der Waals surface area (Å²) in [7, 11) is 0. The number of thiophene rings is 4. The van der Waals surface area contributed by atoms with Gasteiger partial charge in [-0.05, 0) is 196 Å². The lowest BCUT2D eigenvalue weighted by Gasteiger charge is -2.27. The van der Waals surface area contributed by atoms with Gasteiger partial charge in [-0.1, -0.05) is 273 Å². The molecule has 4 aromatic heterocycles. The summed E-state index contributed by atoms with van der Waals surface area (Å²) in [4.78, 5) is 9.62. The summed E-state index contributed by atoms with van der Waals surface area (Å²) in [5.41, 5.74) is 21.0. The quantitative estimate of drug-likeness (QED) is 0.101. The maximum Gasteiger partial charge on any atom is 0.0640 e. The Hall–Kier alpha value is -13.7. The Bertz CT molecular complexity index is 7230. The van der Waals surface area contributed by atoms with Crippen molar-refractivity contribution in [2.75, 3.05) is 19.6 Å². The second-order valence-corrected chi connectivity index (χ2v) is 32.8. The Labute approximate surface area is 677 Å². The first-order valence-corrected chi connectivity index (χ1v) is 41.8. The number of hydrogen-bond donors (Lipinski definition) is 0. The zero-order valence-electron chi connectivity index (χ0n) is 61.8. The molecule has 0 atom stereocenters. The van der Waals surface area contributed by atoms with Crippen molar-refractivity contribution >= 4 is 205 Å². The fraction of sp³-hybridized carbons (Fsp3) is 0. The molecule has 18 aromatic carbocycles. The number of rotatable bonds is 15. The van der Waals surface area contributed by atoms with Gasteiger partial charge < -0.3 is 19.6 Å². The highest BCUT2D eigenvalue weighted by molar-refractivity contribution is 7.28. The molecule has 4 heterocycles. The van der Waals surface area contributed by atoms with Crippen LogP contribution in [0.4, 0.5) is 68.2 Å². The van der Waals surface area contributed by atoms with Crippen LogP contribution in [0.15, 0.2) is 425 Å². The van der Waals surface area contributed by atoms with Gasteiger partial charge in [-0.2, -0.15) is 0 Å². The molecule has 114 heavy (non-hydrogen) atoms. The molecule has 0 bridgehead atoms. The molecule has 538 valence electrons. The van der Waals surface area contributed by atoms with Gasteiger partial charge in [0.25, 0.3) is 0 Å². The first-order valence-electron chi connectivity index (χ1n) is 38.5. The van der Waals surface area contributed by atoms with Gasteiger partial charge in [0, 0.05) is 122 Å². The van der Waals surface area contributed by atoms with Crippen LogP contribution >= 0.6 is 45.3 Å². The third-order valence-corrected chi connectivity index (χ3v) is 26.7. The zero-order valence-corrected chi connectivity index (χ0v) is 65.1. The minimum atomic E-state index is 1.12. The predicted octanol–water partition coefficient (Wildman–Crippen LogP) is 32.9. The van der Waals surface area contributed by atoms with Crippen molar-refractivity contribution in [3.8, 4) is 33.4 Å². The maximum absolute atomic E-state index is 2.46. The van der Waals surface area contributed by atoms with Gasteiger partial charge in [0.2, 0.25) is 0 Å². The largest absolute Gasteiger partial charge is 0.311 e. The van der Waals surface area contributed by atoms with E-state index in [1.165, 1.54) is 142 Å². The van der Waals surface area contributed by atoms with E-state index in [9.17, 15) is 0 Å². The predicted molar refractivity (Wildman–Crippen MR) is 497 cm³/mol. The molecular formula is C106H70N4S4. The lowest BCUT2D eigenvalue weighted by atomic mass is 10.0. The molecule has 0 spiro atoms. The summed E-state index contributed by atoms with van der Waals surface area (Å²) < 4.78 is 10.3. The highest BCUT2D eigenvalue weighted by Gasteiger charge is 2.26. The van der Waals surface area contributed by atoms with Crippen molar-refractivity contribution in [3.63, 3.8) is 0 Å². The van der Waals surface area contributed by atoms with E-state index < -0.39 is 0 Å². The van der Waals surface area contributed by atoms with Crippen molar-refractivity contribution in [2.45, 2.75) is 0 Å². The fourth-order valence-corrected chi connectivity index (χ4v) is 21.4. The Balaban J connectivity index is 0.000000143. The lowest BCUT2D eigenvalue weighted by molar-refractivity contribution is 1.28. The molecule has 22 aromatic rings. The van der Waals surface area contributed by atoms with E-state index in [0.29, 0.717) is 0 Å². The van der Waals surface area contributed by atoms with E-state index >= 15 is 0 Å². The van der Waals surface area contributed by atoms with Crippen LogP contribution in [0.25, 0.3) is 125 Å². The van der Waals surface area contributed by atoms with Crippen molar-refractivity contribution in [1.29, 1.82) is 0 Å². The van der Waals surface area contributed by atoms with Crippen molar-refractivity contribution < 1.29 is 0 Å². The Morgan fingerprint density at radius 1 is 0.158 bits per heavy atom. The minimum Gasteiger partial charge on any atom is -0.311 e. The lowest BCUT2D eigenvalue weighted by Crippen LogP contribution is -2.10. The Morgan fingerprint density at radius 2 is 0.474 bits per heavy atom. The van der Waals surface area contributed by atoms with E-state index in [1.807, 2.05) is 45.3 Å². The van der Waals surface area contributed by atoms with Gasteiger partial charge in [0.1, 0.15) is 0 Å². The Morgan fingerprint density at radius 3 is 0.982 bits per heavy atom. The molecule has 8 heteroatoms. The molecule has 0 fully saturated rings. The number of anilines is 12. The molecule has 0 saturated heterocycles. The molecular weight excluding hydrogens is 1460 g/mol. The van der Waals surface area contributed by atoms with Crippen molar-refractivity contribution in [2.24, 2.45) is 0 Å². The first kappa shape index (κ1) is 68.3. The Kier molecular flexibility index (Phi) is 17.7. The highest BCUT2D eigenvalue weighted by Crippen LogP contribution is 2.53. The van der Waals surface area contributed by atoms with Gasteiger partial charge in [-0.15, -0.1) is 45.3 Å². The summed E-state index contributed by atoms with van der Waals surface area (Å²) in [6.07, 6.45) is 0. The smallest absolute Gasteiger partial charge is 0.0640 e. The van der Waals surface area contributed by atoms with Gasteiger partial charge >= 0.3 is 0 Å². The monoisotopic (exact) mass is 1530 g/mol. The van der Waals surface area contributed by atoms with Gasteiger partial charge in [-0.25, -0.2) is 0 Å². The molecule has 0 aliphatic heterocycles. The topological polar surface area (TPSA) is 13.0 Å². The van der Waals surface area contributed by atoms with E-state index in [0.717, 1.165) is 51.2 Å². The normalized spacial score (nSPS) is 11.5. The van der Waals surface area contributed by atoms with Crippen LogP contribution in [-0.2, 0) is 0 Å². The summed E-state index contributed by atoms with van der Waals surface area (Å²) in [5.74, 6) is 0. The molecule has 22 rings (SSSR count). The van der Waals surface area contributed by atoms with Gasteiger partial charge in [-0.3, -0.25) is 0 Å². The maximum atomic E-state index is 2.46. The van der Waals surface area contributed by atoms with E-state index in [-0.39, 0.29) is 0 Å². The van der Waals surface area contributed by atoms with Crippen LogP contribution in [-0.4, -0.2) is 0 Å². The second-order valence-electron chi connectivity index (χ2n) is 28.6. The van der Waals surface area contributed by atoms with Crippen LogP contribution in [0.2, 0.25) is 0 Å². The average Bonchev–Trinajstić information content (AvgIpc) is 1.56. The van der Waals surface area contributed by atoms with E-state index in [1.54, 1.807) is 0 Å². The molecule has 0 N–H and O–H groups in total. The first-order chi connectivity index (χ1) is 56.5. The molecule has 0 saturated carbocycles. The number of fused-ring (bicyclic) bond motifs is 14. The summed E-state index contributed by atoms with van der Waals surface area (Å²) in [6, 6.07) is 154. The number of nitrogens with zero attached hydrogens (tertiary/aromatic N) is 4. The van der Waals surface area contributed by atoms with Gasteiger partial charge in [0.15, 0.2) is 0 Å². The van der Waals surface area contributed by atoms with Crippen LogP contribution in [0.5, 0.6) is 0 Å². The van der Waals surface area contributed by atoms with Crippen LogP contribution in [0.3, 0.4) is 0 Å². The second kappa shape index (κ2) is 29.5. The molecule has 4 nitrogen and oxygen atoms in total. The van der Waals surface area contributed by atoms with Crippen LogP contribution in [0, 0.1) is 0 Å². The zero-order chi connectivity index (χ0) is 75.4. The highest BCUT2D eigenvalue weighted by atomic mass is 32.1.